The topological polar surface area (TPSA) is 131 Å². The van der Waals surface area contributed by atoms with Gasteiger partial charge in [-0.05, 0) is 35.4 Å². The minimum Gasteiger partial charge on any atom is -0.463 e. The van der Waals surface area contributed by atoms with Gasteiger partial charge in [-0.1, -0.05) is 54.6 Å². The number of rotatable bonds is 6. The first-order chi connectivity index (χ1) is 14.9. The van der Waals surface area contributed by atoms with Crippen LogP contribution in [0.1, 0.15) is 28.4 Å². The molecule has 9 nitrogen and oxygen atoms in total. The second kappa shape index (κ2) is 8.76. The fourth-order valence-corrected chi connectivity index (χ4v) is 5.26. The molecule has 10 heteroatoms. The van der Waals surface area contributed by atoms with E-state index in [0.29, 0.717) is 17.5 Å². The second-order valence-corrected chi connectivity index (χ2v) is 9.35. The average molecular weight is 443 g/mol. The lowest BCUT2D eigenvalue weighted by Gasteiger charge is -2.30. The lowest BCUT2D eigenvalue weighted by molar-refractivity contribution is 0.165. The second-order valence-electron chi connectivity index (χ2n) is 7.36. The van der Waals surface area contributed by atoms with Crippen LogP contribution in [0.3, 0.4) is 0 Å². The average Bonchev–Trinajstić information content (AvgIpc) is 3.21. The molecule has 2 aromatic carbocycles. The van der Waals surface area contributed by atoms with Gasteiger partial charge in [-0.25, -0.2) is 23.1 Å². The lowest BCUT2D eigenvalue weighted by atomic mass is 9.84. The molecule has 0 spiro atoms. The van der Waals surface area contributed by atoms with Crippen molar-refractivity contribution >= 4 is 15.1 Å². The largest absolute Gasteiger partial charge is 0.463 e. The number of carbonyl (C=O) groups excluding carboxylic acids is 1. The van der Waals surface area contributed by atoms with Crippen LogP contribution in [0.25, 0.3) is 0 Å². The van der Waals surface area contributed by atoms with Crippen LogP contribution in [0.4, 0.5) is 4.79 Å². The molecule has 2 N–H and O–H groups in total. The Kier molecular flexibility index (Phi) is 5.90. The smallest absolute Gasteiger partial charge is 0.425 e. The number of hydrogen-bond acceptors (Lipinski definition) is 7. The van der Waals surface area contributed by atoms with Crippen molar-refractivity contribution in [3.8, 4) is 6.01 Å². The Hall–Kier alpha value is -3.40. The molecule has 0 amide bonds. The van der Waals surface area contributed by atoms with Crippen molar-refractivity contribution in [2.75, 3.05) is 6.61 Å². The van der Waals surface area contributed by atoms with Gasteiger partial charge in [0.05, 0.1) is 11.9 Å². The van der Waals surface area contributed by atoms with Gasteiger partial charge in [-0.3, -0.25) is 4.98 Å². The molecular weight excluding hydrogens is 422 g/mol. The van der Waals surface area contributed by atoms with Crippen LogP contribution < -0.4 is 10.4 Å². The number of nitrogens with zero attached hydrogens (tertiary/aromatic N) is 1. The number of sulfone groups is 1. The fraction of sp³-hybridized carbons (Fsp3) is 0.286. The highest BCUT2D eigenvalue weighted by molar-refractivity contribution is 8.05. The molecule has 0 bridgehead atoms. The SMILES string of the molecule is O=C(OCc1ccccc1)S(=O)(=O)C1C[C@H](COc2n[nH]c(=O)[nH]2)Cc2ccccc21. The van der Waals surface area contributed by atoms with Crippen molar-refractivity contribution in [3.63, 3.8) is 0 Å². The van der Waals surface area contributed by atoms with Crippen molar-refractivity contribution in [2.24, 2.45) is 5.92 Å². The standard InChI is InChI=1S/C21H21N3O6S/c25-19-22-20(24-23-19)29-13-15-10-16-8-4-5-9-17(16)18(11-15)31(27,28)21(26)30-12-14-6-2-1-3-7-14/h1-9,15,18H,10-13H2,(H2,22,23,24,25)/t15-,18?/m1/s1. The van der Waals surface area contributed by atoms with Crippen molar-refractivity contribution in [1.29, 1.82) is 0 Å². The fourth-order valence-electron chi connectivity index (χ4n) is 3.71. The normalized spacial score (nSPS) is 18.2. The van der Waals surface area contributed by atoms with Gasteiger partial charge in [0.15, 0.2) is 0 Å². The molecule has 1 aliphatic rings. The number of aromatic nitrogens is 3. The maximum absolute atomic E-state index is 13.1. The van der Waals surface area contributed by atoms with Crippen LogP contribution in [-0.2, 0) is 27.6 Å². The van der Waals surface area contributed by atoms with E-state index >= 15 is 0 Å². The van der Waals surface area contributed by atoms with Gasteiger partial charge in [0, 0.05) is 0 Å². The minimum absolute atomic E-state index is 0.0329. The molecule has 2 atom stereocenters. The van der Waals surface area contributed by atoms with Crippen LogP contribution in [0.15, 0.2) is 59.4 Å². The molecule has 0 aliphatic heterocycles. The summed E-state index contributed by atoms with van der Waals surface area (Å²) in [4.78, 5) is 26.1. The van der Waals surface area contributed by atoms with E-state index in [9.17, 15) is 18.0 Å². The zero-order valence-corrected chi connectivity index (χ0v) is 17.3. The summed E-state index contributed by atoms with van der Waals surface area (Å²) in [5, 5.41) is 3.61. The van der Waals surface area contributed by atoms with Crippen molar-refractivity contribution in [1.82, 2.24) is 15.2 Å². The molecule has 1 heterocycles. The Morgan fingerprint density at radius 2 is 1.84 bits per heavy atom. The predicted octanol–water partition coefficient (Wildman–Crippen LogP) is 2.53. The summed E-state index contributed by atoms with van der Waals surface area (Å²) in [7, 11) is -4.25. The molecule has 1 unspecified atom stereocenters. The number of nitrogens with one attached hydrogen (secondary N) is 2. The van der Waals surface area contributed by atoms with Crippen molar-refractivity contribution in [3.05, 3.63) is 81.8 Å². The molecular formula is C21H21N3O6S. The van der Waals surface area contributed by atoms with E-state index in [1.165, 1.54) is 0 Å². The summed E-state index contributed by atoms with van der Waals surface area (Å²) < 4.78 is 36.8. The number of ether oxygens (including phenoxy) is 2. The molecule has 1 aliphatic carbocycles. The molecule has 4 rings (SSSR count). The van der Waals surface area contributed by atoms with Gasteiger partial charge in [-0.2, -0.15) is 0 Å². The van der Waals surface area contributed by atoms with Gasteiger partial charge in [0.2, 0.25) is 0 Å². The van der Waals surface area contributed by atoms with Crippen molar-refractivity contribution < 1.29 is 22.7 Å². The summed E-state index contributed by atoms with van der Waals surface area (Å²) in [5.74, 6) is -0.197. The first-order valence-corrected chi connectivity index (χ1v) is 11.3. The number of carbonyl (C=O) groups is 1. The molecule has 0 saturated heterocycles. The molecule has 0 radical (unpaired) electrons. The van der Waals surface area contributed by atoms with E-state index in [-0.39, 0.29) is 31.6 Å². The van der Waals surface area contributed by atoms with E-state index < -0.39 is 26.1 Å². The Balaban J connectivity index is 1.51. The van der Waals surface area contributed by atoms with Gasteiger partial charge >= 0.3 is 17.0 Å². The third-order valence-electron chi connectivity index (χ3n) is 5.20. The summed E-state index contributed by atoms with van der Waals surface area (Å²) in [5.41, 5.74) is 1.64. The first-order valence-electron chi connectivity index (χ1n) is 9.73. The summed E-state index contributed by atoms with van der Waals surface area (Å²) in [6.45, 7) is 0.0204. The van der Waals surface area contributed by atoms with Gasteiger partial charge < -0.3 is 9.47 Å². The molecule has 162 valence electrons. The van der Waals surface area contributed by atoms with E-state index in [4.69, 9.17) is 9.47 Å². The van der Waals surface area contributed by atoms with Gasteiger partial charge in [0.1, 0.15) is 6.61 Å². The van der Waals surface area contributed by atoms with E-state index in [2.05, 4.69) is 15.2 Å². The number of hydrogen-bond donors (Lipinski definition) is 2. The predicted molar refractivity (Wildman–Crippen MR) is 111 cm³/mol. The molecule has 31 heavy (non-hydrogen) atoms. The number of fused-ring (bicyclic) bond motifs is 1. The number of H-pyrrole nitrogens is 2. The summed E-state index contributed by atoms with van der Waals surface area (Å²) in [6, 6.07) is 16.1. The van der Waals surface area contributed by atoms with Gasteiger partial charge in [0.25, 0.3) is 9.84 Å². The Labute approximate surface area is 178 Å². The Bertz CT molecular complexity index is 1220. The van der Waals surface area contributed by atoms with Crippen LogP contribution in [-0.4, -0.2) is 35.5 Å². The number of benzene rings is 2. The lowest BCUT2D eigenvalue weighted by Crippen LogP contribution is -2.31. The molecule has 1 aromatic heterocycles. The molecule has 0 fully saturated rings. The highest BCUT2D eigenvalue weighted by atomic mass is 32.2. The highest BCUT2D eigenvalue weighted by Gasteiger charge is 2.41. The minimum atomic E-state index is -4.25. The Morgan fingerprint density at radius 3 is 2.58 bits per heavy atom. The van der Waals surface area contributed by atoms with E-state index in [1.54, 1.807) is 36.4 Å². The maximum Gasteiger partial charge on any atom is 0.425 e. The third-order valence-corrected chi connectivity index (χ3v) is 6.98. The van der Waals surface area contributed by atoms with Gasteiger partial charge in [-0.15, -0.1) is 5.10 Å². The summed E-state index contributed by atoms with van der Waals surface area (Å²) in [6.07, 6.45) is 0.768. The third kappa shape index (κ3) is 4.69. The van der Waals surface area contributed by atoms with Crippen LogP contribution in [0, 0.1) is 5.92 Å². The monoisotopic (exact) mass is 443 g/mol. The van der Waals surface area contributed by atoms with E-state index in [0.717, 1.165) is 5.56 Å². The Morgan fingerprint density at radius 1 is 1.10 bits per heavy atom. The molecule has 3 aromatic rings. The zero-order valence-electron chi connectivity index (χ0n) is 16.5. The maximum atomic E-state index is 13.1. The van der Waals surface area contributed by atoms with Crippen molar-refractivity contribution in [2.45, 2.75) is 24.7 Å². The quantitative estimate of drug-likeness (QED) is 0.560. The first kappa shape index (κ1) is 20.9. The highest BCUT2D eigenvalue weighted by Crippen LogP contribution is 2.39. The van der Waals surface area contributed by atoms with E-state index in [1.807, 2.05) is 18.2 Å². The van der Waals surface area contributed by atoms with Crippen LogP contribution in [0.2, 0.25) is 0 Å². The summed E-state index contributed by atoms with van der Waals surface area (Å²) >= 11 is 0. The molecule has 0 saturated carbocycles. The van der Waals surface area contributed by atoms with Crippen LogP contribution >= 0.6 is 0 Å². The number of aromatic amines is 2. The van der Waals surface area contributed by atoms with Crippen LogP contribution in [0.5, 0.6) is 6.01 Å². The zero-order chi connectivity index (χ0) is 21.8.